The molecule has 0 atom stereocenters. The Morgan fingerprint density at radius 3 is 1.25 bits per heavy atom. The van der Waals surface area contributed by atoms with Crippen molar-refractivity contribution < 1.29 is 24.8 Å². The van der Waals surface area contributed by atoms with E-state index < -0.39 is 18.1 Å². The van der Waals surface area contributed by atoms with Gasteiger partial charge in [0.25, 0.3) is 0 Å². The molecule has 0 aromatic carbocycles. The van der Waals surface area contributed by atoms with Crippen LogP contribution in [-0.4, -0.2) is 0 Å². The third-order valence-corrected chi connectivity index (χ3v) is 0. The molecule has 0 radical (unpaired) electrons. The molecule has 3 heteroatoms. The average molecular weight is 119 g/mol. The molecular weight excluding hydrogens is 115 g/mol. The summed E-state index contributed by atoms with van der Waals surface area (Å²) in [6, 6.07) is 0. The van der Waals surface area contributed by atoms with Crippen molar-refractivity contribution in [2.45, 2.75) is 7.43 Å². The van der Waals surface area contributed by atoms with Crippen molar-refractivity contribution in [2.75, 3.05) is 0 Å². The van der Waals surface area contributed by atoms with Gasteiger partial charge in [0.05, 0.1) is 0 Å². The van der Waals surface area contributed by atoms with Crippen LogP contribution < -0.4 is 0 Å². The fourth-order valence-corrected chi connectivity index (χ4v) is 0. The zero-order valence-electron chi connectivity index (χ0n) is 1.46. The zero-order valence-corrected chi connectivity index (χ0v) is 4.43. The molecule has 0 saturated carbocycles. The van der Waals surface area contributed by atoms with E-state index in [9.17, 15) is 6.63 Å². The Kier molecular flexibility index (Phi) is 21.5. The Morgan fingerprint density at radius 2 is 1.25 bits per heavy atom. The van der Waals surface area contributed by atoms with Crippen molar-refractivity contribution in [3.05, 3.63) is 0 Å². The molecule has 24 valence electrons. The maximum absolute atomic E-state index is 9.81. The summed E-state index contributed by atoms with van der Waals surface area (Å²) in [7, 11) is 0. The van der Waals surface area contributed by atoms with Crippen LogP contribution in [0.4, 0.5) is 6.63 Å². The van der Waals surface area contributed by atoms with Crippen molar-refractivity contribution in [3.63, 3.8) is 0 Å². The number of halogens is 2. The summed E-state index contributed by atoms with van der Waals surface area (Å²) < 4.78 is 19.6. The van der Waals surface area contributed by atoms with Gasteiger partial charge in [-0.3, -0.25) is 0 Å². The van der Waals surface area contributed by atoms with Gasteiger partial charge in [0.15, 0.2) is 0 Å². The van der Waals surface area contributed by atoms with Crippen LogP contribution in [0, 0.1) is 0 Å². The van der Waals surface area contributed by atoms with Gasteiger partial charge in [-0.2, -0.15) is 0 Å². The Morgan fingerprint density at radius 1 is 1.25 bits per heavy atom. The quantitative estimate of drug-likeness (QED) is 0.424. The van der Waals surface area contributed by atoms with Crippen molar-refractivity contribution in [1.82, 2.24) is 0 Å². The molecule has 4 heavy (non-hydrogen) atoms. The molecule has 0 unspecified atom stereocenters. The van der Waals surface area contributed by atoms with E-state index in [2.05, 4.69) is 0 Å². The van der Waals surface area contributed by atoms with Crippen LogP contribution in [0.15, 0.2) is 0 Å². The first-order valence-corrected chi connectivity index (χ1v) is 2.78. The first kappa shape index (κ1) is 8.82. The van der Waals surface area contributed by atoms with E-state index in [0.29, 0.717) is 0 Å². The topological polar surface area (TPSA) is 0 Å². The van der Waals surface area contributed by atoms with E-state index in [4.69, 9.17) is 0 Å². The van der Waals surface area contributed by atoms with Crippen LogP contribution in [0.3, 0.4) is 0 Å². The zero-order chi connectivity index (χ0) is 2.71. The second-order valence-electron chi connectivity index (χ2n) is 0.101. The van der Waals surface area contributed by atoms with Gasteiger partial charge in [0.2, 0.25) is 0 Å². The Labute approximate surface area is 32.9 Å². The standard InChI is InChI=1S/CH4.2FH.Zn/h1H4;2*1H;/q;;;+2/p-2. The van der Waals surface area contributed by atoms with Gasteiger partial charge in [0, 0.05) is 0 Å². The fraction of sp³-hybridized carbons (Fsp3) is 1.00. The first-order valence-electron chi connectivity index (χ1n) is 0.535. The van der Waals surface area contributed by atoms with Crippen LogP contribution in [0.25, 0.3) is 0 Å². The van der Waals surface area contributed by atoms with Gasteiger partial charge in [-0.15, -0.1) is 0 Å². The summed E-state index contributed by atoms with van der Waals surface area (Å²) >= 11 is -2.88. The molecule has 0 saturated heterocycles. The van der Waals surface area contributed by atoms with Gasteiger partial charge in [-0.25, -0.2) is 0 Å². The summed E-state index contributed by atoms with van der Waals surface area (Å²) in [5, 5.41) is 0. The summed E-state index contributed by atoms with van der Waals surface area (Å²) in [6.07, 6.45) is 0. The molecule has 0 aliphatic rings. The Balaban J connectivity index is 0. The minimum atomic E-state index is -2.88. The number of hydrogen-bond donors (Lipinski definition) is 0. The first-order chi connectivity index (χ1) is 1.41. The van der Waals surface area contributed by atoms with E-state index in [-0.39, 0.29) is 7.43 Å². The van der Waals surface area contributed by atoms with Crippen LogP contribution in [-0.2, 0) is 18.1 Å². The third kappa shape index (κ3) is 23.4. The molecule has 0 aliphatic heterocycles. The van der Waals surface area contributed by atoms with E-state index in [1.165, 1.54) is 0 Å². The predicted molar refractivity (Wildman–Crippen MR) is 8.95 cm³/mol. The van der Waals surface area contributed by atoms with E-state index in [1.807, 2.05) is 0 Å². The molecule has 0 heterocycles. The molecule has 0 aromatic rings. The summed E-state index contributed by atoms with van der Waals surface area (Å²) in [5.74, 6) is 0. The van der Waals surface area contributed by atoms with Crippen LogP contribution in [0.2, 0.25) is 0 Å². The van der Waals surface area contributed by atoms with Crippen LogP contribution in [0.1, 0.15) is 7.43 Å². The van der Waals surface area contributed by atoms with E-state index in [1.54, 1.807) is 0 Å². The molecule has 0 aromatic heterocycles. The summed E-state index contributed by atoms with van der Waals surface area (Å²) in [5.41, 5.74) is 0. The monoisotopic (exact) mass is 118 g/mol. The van der Waals surface area contributed by atoms with Gasteiger partial charge in [-0.05, 0) is 0 Å². The normalized spacial score (nSPS) is 2.50. The minimum absolute atomic E-state index is 0. The van der Waals surface area contributed by atoms with Gasteiger partial charge in [-0.1, -0.05) is 7.43 Å². The molecule has 0 amide bonds. The van der Waals surface area contributed by atoms with Crippen LogP contribution in [0.5, 0.6) is 0 Å². The van der Waals surface area contributed by atoms with Crippen LogP contribution >= 0.6 is 0 Å². The third-order valence-electron chi connectivity index (χ3n) is 0. The number of rotatable bonds is 0. The summed E-state index contributed by atoms with van der Waals surface area (Å²) in [4.78, 5) is 0. The molecule has 0 spiro atoms. The van der Waals surface area contributed by atoms with Gasteiger partial charge in [0.1, 0.15) is 0 Å². The Bertz CT molecular complexity index is 6.00. The predicted octanol–water partition coefficient (Wildman–Crippen LogP) is 1.47. The number of hydrogen-bond acceptors (Lipinski definition) is 0. The van der Waals surface area contributed by atoms with Crippen molar-refractivity contribution in [3.8, 4) is 0 Å². The van der Waals surface area contributed by atoms with Gasteiger partial charge < -0.3 is 0 Å². The van der Waals surface area contributed by atoms with E-state index >= 15 is 0 Å². The second-order valence-corrected chi connectivity index (χ2v) is 0.525. The van der Waals surface area contributed by atoms with Crippen molar-refractivity contribution >= 4 is 0 Å². The fourth-order valence-electron chi connectivity index (χ4n) is 0. The molecular formula is CH4F2Zn. The van der Waals surface area contributed by atoms with Crippen molar-refractivity contribution in [2.24, 2.45) is 0 Å². The van der Waals surface area contributed by atoms with Crippen molar-refractivity contribution in [1.29, 1.82) is 0 Å². The van der Waals surface area contributed by atoms with Gasteiger partial charge >= 0.3 is 24.8 Å². The molecule has 0 bridgehead atoms. The average Bonchev–Trinajstić information content (AvgIpc) is 0.918. The molecule has 0 aliphatic carbocycles. The maximum atomic E-state index is 9.81. The summed E-state index contributed by atoms with van der Waals surface area (Å²) in [6.45, 7) is 0. The SMILES string of the molecule is C.[F][Zn][F]. The second kappa shape index (κ2) is 9.76. The Hall–Kier alpha value is 0.483. The molecule has 0 nitrogen and oxygen atoms in total. The molecule has 0 fully saturated rings. The molecule has 0 rings (SSSR count). The molecule has 0 N–H and O–H groups in total. The van der Waals surface area contributed by atoms with E-state index in [0.717, 1.165) is 0 Å².